The lowest BCUT2D eigenvalue weighted by atomic mass is 9.82. The maximum atomic E-state index is 11.6. The highest BCUT2D eigenvalue weighted by atomic mass is 16.7. The summed E-state index contributed by atoms with van der Waals surface area (Å²) in [4.78, 5) is 11.6. The van der Waals surface area contributed by atoms with Gasteiger partial charge >= 0.3 is 0 Å². The van der Waals surface area contributed by atoms with Gasteiger partial charge < -0.3 is 20.1 Å². The van der Waals surface area contributed by atoms with Crippen molar-refractivity contribution in [2.24, 2.45) is 11.8 Å². The highest BCUT2D eigenvalue weighted by Gasteiger charge is 2.70. The van der Waals surface area contributed by atoms with Crippen LogP contribution >= 0.6 is 0 Å². The molecule has 0 aromatic rings. The van der Waals surface area contributed by atoms with E-state index in [0.29, 0.717) is 0 Å². The van der Waals surface area contributed by atoms with Gasteiger partial charge in [0.05, 0.1) is 24.5 Å². The summed E-state index contributed by atoms with van der Waals surface area (Å²) in [6.45, 7) is 1.61. The molecule has 0 radical (unpaired) electrons. The van der Waals surface area contributed by atoms with E-state index in [1.807, 2.05) is 0 Å². The molecule has 5 atom stereocenters. The normalized spacial score (nSPS) is 44.6. The maximum Gasteiger partial charge on any atom is 0.186 e. The minimum absolute atomic E-state index is 0.262. The molecule has 5 heteroatoms. The lowest BCUT2D eigenvalue weighted by Crippen LogP contribution is -2.62. The van der Waals surface area contributed by atoms with Gasteiger partial charge in [0.25, 0.3) is 0 Å². The Kier molecular flexibility index (Phi) is 3.54. The fourth-order valence-electron chi connectivity index (χ4n) is 2.97. The fourth-order valence-corrected chi connectivity index (χ4v) is 2.97. The second-order valence-electron chi connectivity index (χ2n) is 5.01. The van der Waals surface area contributed by atoms with E-state index in [-0.39, 0.29) is 6.10 Å². The topological polar surface area (TPSA) is 87.0 Å². The molecular weight excluding hydrogens is 224 g/mol. The minimum Gasteiger partial charge on any atom is -0.395 e. The second-order valence-corrected chi connectivity index (χ2v) is 5.01. The predicted molar refractivity (Wildman–Crippen MR) is 59.0 cm³/mol. The van der Waals surface area contributed by atoms with Gasteiger partial charge in [-0.2, -0.15) is 0 Å². The second kappa shape index (κ2) is 4.65. The van der Waals surface area contributed by atoms with E-state index < -0.39 is 36.1 Å². The fraction of sp³-hybridized carbons (Fsp3) is 0.917. The molecule has 0 aromatic carbocycles. The predicted octanol–water partition coefficient (Wildman–Crippen LogP) is -0.178. The first kappa shape index (κ1) is 13.0. The summed E-state index contributed by atoms with van der Waals surface area (Å²) in [5.41, 5.74) is 0. The molecule has 2 rings (SSSR count). The average Bonchev–Trinajstić information content (AvgIpc) is 2.41. The number of hydrogen-bond donors (Lipinski definition) is 3. The number of carbonyl (C=O) groups is 1. The summed E-state index contributed by atoms with van der Waals surface area (Å²) in [7, 11) is 0. The number of rotatable bonds is 5. The third kappa shape index (κ3) is 1.81. The Morgan fingerprint density at radius 1 is 1.41 bits per heavy atom. The molecule has 0 aromatic heterocycles. The molecule has 5 nitrogen and oxygen atoms in total. The Labute approximate surface area is 100 Å². The first-order chi connectivity index (χ1) is 8.06. The van der Waals surface area contributed by atoms with Gasteiger partial charge in [-0.15, -0.1) is 0 Å². The molecule has 2 fully saturated rings. The van der Waals surface area contributed by atoms with Gasteiger partial charge in [0.2, 0.25) is 0 Å². The molecule has 17 heavy (non-hydrogen) atoms. The van der Waals surface area contributed by atoms with Crippen LogP contribution in [0.15, 0.2) is 0 Å². The van der Waals surface area contributed by atoms with Crippen molar-refractivity contribution in [3.05, 3.63) is 0 Å². The van der Waals surface area contributed by atoms with Gasteiger partial charge in [-0.25, -0.2) is 0 Å². The summed E-state index contributed by atoms with van der Waals surface area (Å²) < 4.78 is 5.36. The van der Waals surface area contributed by atoms with Crippen molar-refractivity contribution in [1.82, 2.24) is 0 Å². The Bertz CT molecular complexity index is 305. The van der Waals surface area contributed by atoms with Crippen molar-refractivity contribution >= 4 is 5.78 Å². The highest BCUT2D eigenvalue weighted by Crippen LogP contribution is 2.52. The van der Waals surface area contributed by atoms with Crippen LogP contribution in [-0.2, 0) is 9.53 Å². The van der Waals surface area contributed by atoms with Gasteiger partial charge in [0.15, 0.2) is 11.6 Å². The Balaban J connectivity index is 2.00. The minimum atomic E-state index is -1.64. The summed E-state index contributed by atoms with van der Waals surface area (Å²) in [5.74, 6) is -3.70. The molecule has 1 aliphatic heterocycles. The van der Waals surface area contributed by atoms with E-state index in [1.54, 1.807) is 0 Å². The van der Waals surface area contributed by atoms with Crippen molar-refractivity contribution in [1.29, 1.82) is 0 Å². The van der Waals surface area contributed by atoms with Gasteiger partial charge in [-0.05, 0) is 6.42 Å². The van der Waals surface area contributed by atoms with E-state index >= 15 is 0 Å². The van der Waals surface area contributed by atoms with E-state index in [0.717, 1.165) is 25.7 Å². The van der Waals surface area contributed by atoms with Crippen LogP contribution in [0.2, 0.25) is 0 Å². The first-order valence-corrected chi connectivity index (χ1v) is 6.29. The van der Waals surface area contributed by atoms with Crippen molar-refractivity contribution in [2.45, 2.75) is 50.6 Å². The van der Waals surface area contributed by atoms with Crippen LogP contribution in [0.1, 0.15) is 32.6 Å². The Morgan fingerprint density at radius 2 is 2.12 bits per heavy atom. The molecular formula is C12H20O5. The molecule has 0 spiro atoms. The van der Waals surface area contributed by atoms with Crippen LogP contribution < -0.4 is 0 Å². The Morgan fingerprint density at radius 3 is 2.71 bits per heavy atom. The Hall–Kier alpha value is -0.490. The summed E-state index contributed by atoms with van der Waals surface area (Å²) in [6, 6.07) is 0. The third-order valence-corrected chi connectivity index (χ3v) is 3.97. The molecule has 3 N–H and O–H groups in total. The van der Waals surface area contributed by atoms with Crippen LogP contribution in [0.25, 0.3) is 0 Å². The number of fused-ring (bicyclic) bond motifs is 1. The van der Waals surface area contributed by atoms with E-state index in [4.69, 9.17) is 9.84 Å². The van der Waals surface area contributed by atoms with Crippen molar-refractivity contribution in [3.63, 3.8) is 0 Å². The number of ketones is 1. The number of unbranched alkanes of at least 4 members (excludes halogenated alkanes) is 2. The van der Waals surface area contributed by atoms with Crippen molar-refractivity contribution < 1.29 is 24.9 Å². The number of aliphatic hydroxyl groups is 3. The van der Waals surface area contributed by atoms with Gasteiger partial charge in [0.1, 0.15) is 6.10 Å². The number of hydrogen-bond acceptors (Lipinski definition) is 5. The maximum absolute atomic E-state index is 11.6. The molecule has 2 aliphatic rings. The number of ether oxygens (including phenoxy) is 1. The zero-order chi connectivity index (χ0) is 12.6. The smallest absolute Gasteiger partial charge is 0.186 e. The van der Waals surface area contributed by atoms with E-state index in [2.05, 4.69) is 6.92 Å². The highest BCUT2D eigenvalue weighted by molar-refractivity contribution is 5.90. The lowest BCUT2D eigenvalue weighted by Gasteiger charge is -2.49. The summed E-state index contributed by atoms with van der Waals surface area (Å²) >= 11 is 0. The first-order valence-electron chi connectivity index (χ1n) is 6.29. The third-order valence-electron chi connectivity index (χ3n) is 3.97. The summed E-state index contributed by atoms with van der Waals surface area (Å²) in [5, 5.41) is 29.0. The molecule has 1 aliphatic carbocycles. The van der Waals surface area contributed by atoms with Crippen LogP contribution in [-0.4, -0.2) is 45.7 Å². The number of aliphatic hydroxyl groups excluding tert-OH is 2. The SMILES string of the molecule is CCCCCC1OC2(O)C(CO)C(=O)C(O)C12. The molecule has 0 bridgehead atoms. The van der Waals surface area contributed by atoms with E-state index in [1.165, 1.54) is 0 Å². The van der Waals surface area contributed by atoms with Crippen LogP contribution in [0, 0.1) is 11.8 Å². The van der Waals surface area contributed by atoms with Gasteiger partial charge in [-0.3, -0.25) is 4.79 Å². The average molecular weight is 244 g/mol. The zero-order valence-electron chi connectivity index (χ0n) is 10.0. The monoisotopic (exact) mass is 244 g/mol. The standard InChI is InChI=1S/C12H20O5/c1-2-3-4-5-8-9-11(15)10(14)7(6-13)12(9,16)17-8/h7-9,11,13,15-16H,2-6H2,1H3. The molecule has 98 valence electrons. The van der Waals surface area contributed by atoms with Crippen LogP contribution in [0.4, 0.5) is 0 Å². The van der Waals surface area contributed by atoms with Gasteiger partial charge in [-0.1, -0.05) is 26.2 Å². The van der Waals surface area contributed by atoms with Crippen molar-refractivity contribution in [2.75, 3.05) is 6.61 Å². The molecule has 1 saturated heterocycles. The molecule has 5 unspecified atom stereocenters. The zero-order valence-corrected chi connectivity index (χ0v) is 10.0. The van der Waals surface area contributed by atoms with Crippen molar-refractivity contribution in [3.8, 4) is 0 Å². The van der Waals surface area contributed by atoms with Gasteiger partial charge in [0, 0.05) is 0 Å². The van der Waals surface area contributed by atoms with E-state index in [9.17, 15) is 15.0 Å². The van der Waals surface area contributed by atoms with Crippen LogP contribution in [0.3, 0.4) is 0 Å². The summed E-state index contributed by atoms with van der Waals surface area (Å²) in [6.07, 6.45) is 2.39. The molecule has 1 heterocycles. The number of carbonyl (C=O) groups excluding carboxylic acids is 1. The lowest BCUT2D eigenvalue weighted by molar-refractivity contribution is -0.380. The quantitative estimate of drug-likeness (QED) is 0.584. The number of Topliss-reactive ketones (excluding diaryl/α,β-unsaturated/α-hetero) is 1. The molecule has 1 saturated carbocycles. The van der Waals surface area contributed by atoms with Crippen LogP contribution in [0.5, 0.6) is 0 Å². The largest absolute Gasteiger partial charge is 0.395 e. The molecule has 0 amide bonds.